The summed E-state index contributed by atoms with van der Waals surface area (Å²) < 4.78 is 5.54. The molecule has 6 nitrogen and oxygen atoms in total. The van der Waals surface area contributed by atoms with Crippen molar-refractivity contribution in [2.45, 2.75) is 44.8 Å². The zero-order valence-corrected chi connectivity index (χ0v) is 19.6. The molecule has 31 heavy (non-hydrogen) atoms. The maximum absolute atomic E-state index is 12.6. The lowest BCUT2D eigenvalue weighted by molar-refractivity contribution is -0.115. The molecule has 164 valence electrons. The number of carbonyl (C=O) groups excluding carboxylic acids is 1. The summed E-state index contributed by atoms with van der Waals surface area (Å²) in [4.78, 5) is 34.7. The predicted octanol–water partition coefficient (Wildman–Crippen LogP) is 5.18. The Bertz CT molecular complexity index is 1160. The van der Waals surface area contributed by atoms with E-state index in [9.17, 15) is 9.59 Å². The second-order valence-corrected chi connectivity index (χ2v) is 9.90. The number of aromatic amines is 1. The molecule has 1 aliphatic carbocycles. The Morgan fingerprint density at radius 3 is 3.03 bits per heavy atom. The molecule has 1 aromatic carbocycles. The van der Waals surface area contributed by atoms with E-state index in [1.54, 1.807) is 41.3 Å². The van der Waals surface area contributed by atoms with Crippen LogP contribution in [0.1, 0.15) is 42.5 Å². The van der Waals surface area contributed by atoms with Gasteiger partial charge < -0.3 is 15.0 Å². The number of benzene rings is 1. The smallest absolute Gasteiger partial charge is 0.259 e. The number of H-pyrrole nitrogens is 1. The van der Waals surface area contributed by atoms with Crippen LogP contribution in [0.5, 0.6) is 5.75 Å². The van der Waals surface area contributed by atoms with Crippen LogP contribution >= 0.6 is 34.7 Å². The van der Waals surface area contributed by atoms with Crippen LogP contribution in [0.25, 0.3) is 10.2 Å². The highest BCUT2D eigenvalue weighted by atomic mass is 35.5. The number of nitrogens with zero attached hydrogens (tertiary/aromatic N) is 1. The number of hydrogen-bond donors (Lipinski definition) is 2. The molecule has 1 amide bonds. The van der Waals surface area contributed by atoms with Crippen LogP contribution in [-0.4, -0.2) is 28.2 Å². The number of thioether (sulfide) groups is 1. The Morgan fingerprint density at radius 1 is 1.35 bits per heavy atom. The van der Waals surface area contributed by atoms with Gasteiger partial charge in [0.1, 0.15) is 10.7 Å². The molecular weight excluding hydrogens is 454 g/mol. The molecule has 0 atom stereocenters. The third-order valence-corrected chi connectivity index (χ3v) is 7.57. The Balaban J connectivity index is 1.33. The van der Waals surface area contributed by atoms with E-state index in [2.05, 4.69) is 15.3 Å². The molecule has 0 saturated carbocycles. The standard InChI is InChI=1S/C22H24ClN3O3S2/c1-2-29-20-14(23)7-5-8-15(20)24-18(27)10-11-30-12-17-25-21(28)19-13-6-3-4-9-16(13)31-22(19)26-17/h5,7-8H,2-4,6,9-12H2,1H3,(H,24,27)(H,25,26,28). The third kappa shape index (κ3) is 5.07. The van der Waals surface area contributed by atoms with Crippen molar-refractivity contribution in [3.05, 3.63) is 49.8 Å². The number of anilines is 1. The maximum atomic E-state index is 12.6. The maximum Gasteiger partial charge on any atom is 0.259 e. The summed E-state index contributed by atoms with van der Waals surface area (Å²) in [6.45, 7) is 2.33. The first-order chi connectivity index (χ1) is 15.1. The fourth-order valence-corrected chi connectivity index (χ4v) is 6.04. The molecular formula is C22H24ClN3O3S2. The Morgan fingerprint density at radius 2 is 2.19 bits per heavy atom. The number of hydrogen-bond acceptors (Lipinski definition) is 6. The molecule has 0 bridgehead atoms. The summed E-state index contributed by atoms with van der Waals surface area (Å²) in [7, 11) is 0. The van der Waals surface area contributed by atoms with E-state index in [0.29, 0.717) is 46.8 Å². The highest BCUT2D eigenvalue weighted by Gasteiger charge is 2.19. The second-order valence-electron chi connectivity index (χ2n) is 7.30. The lowest BCUT2D eigenvalue weighted by atomic mass is 9.97. The Kier molecular flexibility index (Phi) is 7.20. The fraction of sp³-hybridized carbons (Fsp3) is 0.409. The number of aromatic nitrogens is 2. The van der Waals surface area contributed by atoms with Crippen LogP contribution in [-0.2, 0) is 23.4 Å². The van der Waals surface area contributed by atoms with Gasteiger partial charge in [-0.2, -0.15) is 11.8 Å². The van der Waals surface area contributed by atoms with Crippen molar-refractivity contribution >= 4 is 56.5 Å². The predicted molar refractivity (Wildman–Crippen MR) is 129 cm³/mol. The first-order valence-electron chi connectivity index (χ1n) is 10.4. The molecule has 2 heterocycles. The van der Waals surface area contributed by atoms with Crippen molar-refractivity contribution in [1.29, 1.82) is 0 Å². The number of ether oxygens (including phenoxy) is 1. The van der Waals surface area contributed by atoms with Gasteiger partial charge in [-0.25, -0.2) is 4.98 Å². The van der Waals surface area contributed by atoms with Crippen molar-refractivity contribution in [3.63, 3.8) is 0 Å². The van der Waals surface area contributed by atoms with E-state index in [0.717, 1.165) is 29.5 Å². The van der Waals surface area contributed by atoms with Gasteiger partial charge in [-0.05, 0) is 50.3 Å². The van der Waals surface area contributed by atoms with Crippen molar-refractivity contribution in [3.8, 4) is 5.75 Å². The van der Waals surface area contributed by atoms with E-state index in [1.807, 2.05) is 6.92 Å². The molecule has 0 aliphatic heterocycles. The molecule has 0 spiro atoms. The molecule has 0 radical (unpaired) electrons. The molecule has 2 N–H and O–H groups in total. The average Bonchev–Trinajstić information content (AvgIpc) is 3.12. The first-order valence-corrected chi connectivity index (χ1v) is 12.7. The molecule has 4 rings (SSSR count). The number of para-hydroxylation sites is 1. The highest BCUT2D eigenvalue weighted by Crippen LogP contribution is 2.34. The highest BCUT2D eigenvalue weighted by molar-refractivity contribution is 7.98. The number of thiophene rings is 1. The van der Waals surface area contributed by atoms with Crippen LogP contribution < -0.4 is 15.6 Å². The van der Waals surface area contributed by atoms with Crippen LogP contribution in [0.2, 0.25) is 5.02 Å². The normalized spacial score (nSPS) is 13.2. The number of aryl methyl sites for hydroxylation is 2. The van der Waals surface area contributed by atoms with Gasteiger partial charge in [0.05, 0.1) is 28.5 Å². The van der Waals surface area contributed by atoms with Gasteiger partial charge in [0.25, 0.3) is 5.56 Å². The van der Waals surface area contributed by atoms with Gasteiger partial charge in [0.15, 0.2) is 5.75 Å². The lowest BCUT2D eigenvalue weighted by Crippen LogP contribution is -2.14. The molecule has 0 saturated heterocycles. The van der Waals surface area contributed by atoms with Gasteiger partial charge in [-0.1, -0.05) is 17.7 Å². The van der Waals surface area contributed by atoms with E-state index in [-0.39, 0.29) is 11.5 Å². The molecule has 1 aliphatic rings. The number of carbonyl (C=O) groups is 1. The van der Waals surface area contributed by atoms with Gasteiger partial charge in [0, 0.05) is 17.1 Å². The summed E-state index contributed by atoms with van der Waals surface area (Å²) in [6.07, 6.45) is 4.68. The first kappa shape index (κ1) is 22.2. The lowest BCUT2D eigenvalue weighted by Gasteiger charge is -2.12. The molecule has 3 aromatic rings. The zero-order chi connectivity index (χ0) is 21.8. The average molecular weight is 478 g/mol. The molecule has 2 aromatic heterocycles. The van der Waals surface area contributed by atoms with Gasteiger partial charge in [0.2, 0.25) is 5.91 Å². The van der Waals surface area contributed by atoms with Gasteiger partial charge in [-0.15, -0.1) is 11.3 Å². The van der Waals surface area contributed by atoms with E-state index >= 15 is 0 Å². The second kappa shape index (κ2) is 10.1. The summed E-state index contributed by atoms with van der Waals surface area (Å²) in [5.74, 6) is 2.21. The van der Waals surface area contributed by atoms with E-state index < -0.39 is 0 Å². The minimum Gasteiger partial charge on any atom is -0.490 e. The fourth-order valence-electron chi connectivity index (χ4n) is 3.72. The van der Waals surface area contributed by atoms with Crippen molar-refractivity contribution in [2.75, 3.05) is 17.7 Å². The summed E-state index contributed by atoms with van der Waals surface area (Å²) in [6, 6.07) is 5.27. The molecule has 9 heteroatoms. The third-order valence-electron chi connectivity index (χ3n) is 5.12. The van der Waals surface area contributed by atoms with Crippen LogP contribution in [0.4, 0.5) is 5.69 Å². The number of nitrogens with one attached hydrogen (secondary N) is 2. The van der Waals surface area contributed by atoms with Crippen LogP contribution in [0.3, 0.4) is 0 Å². The molecule has 0 unspecified atom stereocenters. The summed E-state index contributed by atoms with van der Waals surface area (Å²) in [5, 5.41) is 4.11. The van der Waals surface area contributed by atoms with Crippen molar-refractivity contribution in [2.24, 2.45) is 0 Å². The number of rotatable bonds is 8. The van der Waals surface area contributed by atoms with Crippen LogP contribution in [0.15, 0.2) is 23.0 Å². The molecule has 0 fully saturated rings. The van der Waals surface area contributed by atoms with E-state index in [4.69, 9.17) is 16.3 Å². The number of amides is 1. The quantitative estimate of drug-likeness (QED) is 0.437. The topological polar surface area (TPSA) is 84.1 Å². The minimum atomic E-state index is -0.112. The van der Waals surface area contributed by atoms with Gasteiger partial charge >= 0.3 is 0 Å². The van der Waals surface area contributed by atoms with Crippen molar-refractivity contribution < 1.29 is 9.53 Å². The number of fused-ring (bicyclic) bond motifs is 3. The largest absolute Gasteiger partial charge is 0.490 e. The number of halogens is 1. The minimum absolute atomic E-state index is 0.0397. The van der Waals surface area contributed by atoms with Gasteiger partial charge in [-0.3, -0.25) is 9.59 Å². The Labute approximate surface area is 193 Å². The van der Waals surface area contributed by atoms with Crippen LogP contribution in [0, 0.1) is 0 Å². The Hall–Kier alpha value is -2.03. The van der Waals surface area contributed by atoms with Crippen molar-refractivity contribution in [1.82, 2.24) is 9.97 Å². The van der Waals surface area contributed by atoms with E-state index in [1.165, 1.54) is 16.9 Å². The monoisotopic (exact) mass is 477 g/mol. The summed E-state index contributed by atoms with van der Waals surface area (Å²) in [5.41, 5.74) is 1.73. The zero-order valence-electron chi connectivity index (χ0n) is 17.3. The summed E-state index contributed by atoms with van der Waals surface area (Å²) >= 11 is 9.38. The SMILES string of the molecule is CCOc1c(Cl)cccc1NC(=O)CCSCc1nc2sc3c(c2c(=O)[nH]1)CCCC3.